The van der Waals surface area contributed by atoms with Crippen LogP contribution < -0.4 is 0 Å². The third-order valence-electron chi connectivity index (χ3n) is 4.62. The molecule has 3 rings (SSSR count). The van der Waals surface area contributed by atoms with Gasteiger partial charge in [-0.05, 0) is 53.6 Å². The summed E-state index contributed by atoms with van der Waals surface area (Å²) in [6.07, 6.45) is 1.13. The smallest absolute Gasteiger partial charge is 0.0799 e. The lowest BCUT2D eigenvalue weighted by molar-refractivity contribution is 0.1000. The summed E-state index contributed by atoms with van der Waals surface area (Å²) in [5.74, 6) is 0. The van der Waals surface area contributed by atoms with Crippen LogP contribution in [0, 0.1) is 0 Å². The van der Waals surface area contributed by atoms with Crippen LogP contribution in [-0.4, -0.2) is 14.2 Å². The zero-order chi connectivity index (χ0) is 15.0. The SMILES string of the molecule is COC(C)c1ccc2c(c1C(C)OC)Cc1ccccc1-2. The van der Waals surface area contributed by atoms with Crippen LogP contribution >= 0.6 is 0 Å². The molecule has 110 valence electrons. The largest absolute Gasteiger partial charge is 0.377 e. The fourth-order valence-electron chi connectivity index (χ4n) is 3.33. The van der Waals surface area contributed by atoms with Gasteiger partial charge in [-0.15, -0.1) is 0 Å². The van der Waals surface area contributed by atoms with E-state index in [1.807, 2.05) is 0 Å². The van der Waals surface area contributed by atoms with E-state index < -0.39 is 0 Å². The minimum absolute atomic E-state index is 0.0712. The molecule has 0 aliphatic heterocycles. The van der Waals surface area contributed by atoms with Crippen molar-refractivity contribution in [2.24, 2.45) is 0 Å². The third-order valence-corrected chi connectivity index (χ3v) is 4.62. The van der Waals surface area contributed by atoms with Crippen LogP contribution in [0.3, 0.4) is 0 Å². The van der Waals surface area contributed by atoms with Gasteiger partial charge in [-0.1, -0.05) is 36.4 Å². The van der Waals surface area contributed by atoms with Gasteiger partial charge >= 0.3 is 0 Å². The standard InChI is InChI=1S/C19H22O2/c1-12(20-3)15-9-10-17-16-8-6-5-7-14(16)11-18(17)19(15)13(2)21-4/h5-10,12-13H,11H2,1-4H3. The van der Waals surface area contributed by atoms with Gasteiger partial charge in [0.1, 0.15) is 0 Å². The van der Waals surface area contributed by atoms with Crippen molar-refractivity contribution in [3.05, 3.63) is 58.7 Å². The van der Waals surface area contributed by atoms with Gasteiger partial charge in [0.15, 0.2) is 0 Å². The second-order valence-corrected chi connectivity index (χ2v) is 5.68. The first-order valence-corrected chi connectivity index (χ1v) is 7.47. The number of benzene rings is 2. The Morgan fingerprint density at radius 1 is 0.857 bits per heavy atom. The van der Waals surface area contributed by atoms with Crippen LogP contribution in [0.4, 0.5) is 0 Å². The number of hydrogen-bond acceptors (Lipinski definition) is 2. The van der Waals surface area contributed by atoms with E-state index in [9.17, 15) is 0 Å². The van der Waals surface area contributed by atoms with Gasteiger partial charge in [0.25, 0.3) is 0 Å². The van der Waals surface area contributed by atoms with Crippen LogP contribution in [0.1, 0.15) is 48.3 Å². The van der Waals surface area contributed by atoms with Gasteiger partial charge in [0.2, 0.25) is 0 Å². The van der Waals surface area contributed by atoms with Gasteiger partial charge in [-0.25, -0.2) is 0 Å². The van der Waals surface area contributed by atoms with E-state index in [0.717, 1.165) is 6.42 Å². The quantitative estimate of drug-likeness (QED) is 0.692. The topological polar surface area (TPSA) is 18.5 Å². The monoisotopic (exact) mass is 282 g/mol. The molecule has 0 N–H and O–H groups in total. The van der Waals surface area contributed by atoms with Crippen molar-refractivity contribution in [3.8, 4) is 11.1 Å². The Morgan fingerprint density at radius 2 is 1.57 bits per heavy atom. The minimum Gasteiger partial charge on any atom is -0.377 e. The number of ether oxygens (including phenoxy) is 2. The summed E-state index contributed by atoms with van der Waals surface area (Å²) in [5, 5.41) is 0. The van der Waals surface area contributed by atoms with E-state index in [1.165, 1.54) is 33.4 Å². The summed E-state index contributed by atoms with van der Waals surface area (Å²) in [6.45, 7) is 4.21. The number of fused-ring (bicyclic) bond motifs is 3. The van der Waals surface area contributed by atoms with Crippen LogP contribution in [0.2, 0.25) is 0 Å². The van der Waals surface area contributed by atoms with Crippen molar-refractivity contribution in [1.82, 2.24) is 0 Å². The first-order chi connectivity index (χ1) is 10.2. The molecule has 21 heavy (non-hydrogen) atoms. The molecule has 2 aromatic carbocycles. The van der Waals surface area contributed by atoms with Crippen LogP contribution in [-0.2, 0) is 15.9 Å². The van der Waals surface area contributed by atoms with Crippen LogP contribution in [0.15, 0.2) is 36.4 Å². The molecule has 0 radical (unpaired) electrons. The maximum Gasteiger partial charge on any atom is 0.0799 e. The lowest BCUT2D eigenvalue weighted by Gasteiger charge is -2.22. The van der Waals surface area contributed by atoms with Crippen LogP contribution in [0.5, 0.6) is 0 Å². The van der Waals surface area contributed by atoms with E-state index in [0.29, 0.717) is 0 Å². The highest BCUT2D eigenvalue weighted by Crippen LogP contribution is 2.43. The van der Waals surface area contributed by atoms with E-state index >= 15 is 0 Å². The second-order valence-electron chi connectivity index (χ2n) is 5.68. The fourth-order valence-corrected chi connectivity index (χ4v) is 3.33. The maximum atomic E-state index is 5.64. The Morgan fingerprint density at radius 3 is 2.29 bits per heavy atom. The second kappa shape index (κ2) is 5.63. The zero-order valence-corrected chi connectivity index (χ0v) is 13.1. The molecule has 2 unspecified atom stereocenters. The zero-order valence-electron chi connectivity index (χ0n) is 13.1. The molecule has 0 bridgehead atoms. The molecule has 0 saturated heterocycles. The molecule has 2 atom stereocenters. The molecule has 0 fully saturated rings. The highest BCUT2D eigenvalue weighted by atomic mass is 16.5. The molecule has 2 heteroatoms. The van der Waals surface area contributed by atoms with Gasteiger partial charge < -0.3 is 9.47 Å². The minimum atomic E-state index is 0.0712. The van der Waals surface area contributed by atoms with Gasteiger partial charge in [0.05, 0.1) is 12.2 Å². The fraction of sp³-hybridized carbons (Fsp3) is 0.368. The Kier molecular flexibility index (Phi) is 3.83. The van der Waals surface area contributed by atoms with Crippen molar-refractivity contribution in [1.29, 1.82) is 0 Å². The van der Waals surface area contributed by atoms with Crippen molar-refractivity contribution in [2.45, 2.75) is 32.5 Å². The number of hydrogen-bond donors (Lipinski definition) is 0. The normalized spacial score (nSPS) is 15.4. The summed E-state index contributed by atoms with van der Waals surface area (Å²) in [5.41, 5.74) is 8.02. The first-order valence-electron chi connectivity index (χ1n) is 7.47. The molecule has 2 aromatic rings. The average Bonchev–Trinajstić information content (AvgIpc) is 2.91. The predicted molar refractivity (Wildman–Crippen MR) is 85.5 cm³/mol. The Hall–Kier alpha value is -1.64. The molecule has 0 heterocycles. The summed E-state index contributed by atoms with van der Waals surface area (Å²) < 4.78 is 11.2. The molecule has 0 spiro atoms. The van der Waals surface area contributed by atoms with Crippen molar-refractivity contribution in [2.75, 3.05) is 14.2 Å². The molecule has 0 aromatic heterocycles. The maximum absolute atomic E-state index is 5.64. The first kappa shape index (κ1) is 14.3. The molecule has 1 aliphatic rings. The lowest BCUT2D eigenvalue weighted by atomic mass is 9.90. The Bertz CT molecular complexity index is 661. The third kappa shape index (κ3) is 2.29. The lowest BCUT2D eigenvalue weighted by Crippen LogP contribution is -2.09. The Balaban J connectivity index is 2.20. The highest BCUT2D eigenvalue weighted by molar-refractivity contribution is 5.78. The van der Waals surface area contributed by atoms with E-state index in [2.05, 4.69) is 50.2 Å². The van der Waals surface area contributed by atoms with Crippen molar-refractivity contribution < 1.29 is 9.47 Å². The van der Waals surface area contributed by atoms with Crippen molar-refractivity contribution in [3.63, 3.8) is 0 Å². The van der Waals surface area contributed by atoms with Gasteiger partial charge in [-0.3, -0.25) is 0 Å². The average molecular weight is 282 g/mol. The predicted octanol–water partition coefficient (Wildman–Crippen LogP) is 4.67. The van der Waals surface area contributed by atoms with E-state index in [-0.39, 0.29) is 12.2 Å². The van der Waals surface area contributed by atoms with Crippen LogP contribution in [0.25, 0.3) is 11.1 Å². The summed E-state index contributed by atoms with van der Waals surface area (Å²) in [4.78, 5) is 0. The molecular formula is C19H22O2. The summed E-state index contributed by atoms with van der Waals surface area (Å²) in [7, 11) is 3.53. The molecule has 0 saturated carbocycles. The molecular weight excluding hydrogens is 260 g/mol. The van der Waals surface area contributed by atoms with Crippen molar-refractivity contribution >= 4 is 0 Å². The molecule has 2 nitrogen and oxygen atoms in total. The van der Waals surface area contributed by atoms with Gasteiger partial charge in [0, 0.05) is 14.2 Å². The number of rotatable bonds is 4. The van der Waals surface area contributed by atoms with Gasteiger partial charge in [-0.2, -0.15) is 0 Å². The highest BCUT2D eigenvalue weighted by Gasteiger charge is 2.26. The Labute approximate surface area is 126 Å². The summed E-state index contributed by atoms with van der Waals surface area (Å²) in [6, 6.07) is 13.1. The molecule has 1 aliphatic carbocycles. The van der Waals surface area contributed by atoms with E-state index in [4.69, 9.17) is 9.47 Å². The summed E-state index contributed by atoms with van der Waals surface area (Å²) >= 11 is 0. The number of methoxy groups -OCH3 is 2. The van der Waals surface area contributed by atoms with E-state index in [1.54, 1.807) is 14.2 Å². The molecule has 0 amide bonds.